The van der Waals surface area contributed by atoms with Crippen molar-refractivity contribution in [2.24, 2.45) is 0 Å². The minimum atomic E-state index is -0.0353. The van der Waals surface area contributed by atoms with Gasteiger partial charge in [0.15, 0.2) is 0 Å². The Bertz CT molecular complexity index is 406. The molecule has 2 rings (SSSR count). The minimum absolute atomic E-state index is 0. The van der Waals surface area contributed by atoms with Crippen LogP contribution in [-0.2, 0) is 0 Å². The van der Waals surface area contributed by atoms with Gasteiger partial charge >= 0.3 is 0 Å². The fourth-order valence-corrected chi connectivity index (χ4v) is 2.23. The number of nitrogens with one attached hydrogen (secondary N) is 2. The van der Waals surface area contributed by atoms with E-state index in [0.717, 1.165) is 13.0 Å². The smallest absolute Gasteiger partial charge is 0.251 e. The van der Waals surface area contributed by atoms with Gasteiger partial charge < -0.3 is 15.4 Å². The van der Waals surface area contributed by atoms with Gasteiger partial charge in [-0.2, -0.15) is 0 Å². The second-order valence-electron chi connectivity index (χ2n) is 4.57. The van der Waals surface area contributed by atoms with Crippen molar-refractivity contribution < 1.29 is 9.53 Å². The van der Waals surface area contributed by atoms with Crippen LogP contribution in [0.2, 0.25) is 0 Å². The third kappa shape index (κ3) is 4.73. The molecule has 106 valence electrons. The standard InChI is InChI=1S/C14H20N2O2.ClH/c1-18-13-6-2-4-11(10-13)14(17)16-9-7-12-5-3-8-15-12;/h2,4,6,10,12,15H,3,5,7-9H2,1H3,(H,16,17);1H/t12-;/m1./s1. The van der Waals surface area contributed by atoms with E-state index in [1.807, 2.05) is 12.1 Å². The molecule has 1 atom stereocenters. The van der Waals surface area contributed by atoms with Crippen molar-refractivity contribution in [2.75, 3.05) is 20.2 Å². The monoisotopic (exact) mass is 284 g/mol. The molecule has 0 saturated carbocycles. The molecule has 0 unspecified atom stereocenters. The highest BCUT2D eigenvalue weighted by Gasteiger charge is 2.14. The van der Waals surface area contributed by atoms with Crippen molar-refractivity contribution in [3.63, 3.8) is 0 Å². The Labute approximate surface area is 120 Å². The van der Waals surface area contributed by atoms with Crippen molar-refractivity contribution in [1.82, 2.24) is 10.6 Å². The van der Waals surface area contributed by atoms with Crippen LogP contribution in [0.15, 0.2) is 24.3 Å². The van der Waals surface area contributed by atoms with Crippen LogP contribution in [0.5, 0.6) is 5.75 Å². The number of ether oxygens (including phenoxy) is 1. The number of amides is 1. The Kier molecular flexibility index (Phi) is 6.67. The van der Waals surface area contributed by atoms with Crippen molar-refractivity contribution >= 4 is 18.3 Å². The maximum absolute atomic E-state index is 11.9. The molecule has 1 aliphatic rings. The summed E-state index contributed by atoms with van der Waals surface area (Å²) in [5.41, 5.74) is 0.647. The Morgan fingerprint density at radius 3 is 3.05 bits per heavy atom. The van der Waals surface area contributed by atoms with E-state index >= 15 is 0 Å². The van der Waals surface area contributed by atoms with E-state index in [0.29, 0.717) is 23.9 Å². The molecule has 0 aromatic heterocycles. The predicted octanol–water partition coefficient (Wildman–Crippen LogP) is 1.99. The number of carbonyl (C=O) groups is 1. The van der Waals surface area contributed by atoms with E-state index in [4.69, 9.17) is 4.74 Å². The minimum Gasteiger partial charge on any atom is -0.497 e. The van der Waals surface area contributed by atoms with Crippen LogP contribution < -0.4 is 15.4 Å². The number of carbonyl (C=O) groups excluding carboxylic acids is 1. The lowest BCUT2D eigenvalue weighted by Gasteiger charge is -2.11. The normalized spacial score (nSPS) is 17.6. The highest BCUT2D eigenvalue weighted by Crippen LogP contribution is 2.12. The summed E-state index contributed by atoms with van der Waals surface area (Å²) in [6.07, 6.45) is 3.46. The fourth-order valence-electron chi connectivity index (χ4n) is 2.23. The van der Waals surface area contributed by atoms with Crippen LogP contribution in [-0.4, -0.2) is 32.1 Å². The van der Waals surface area contributed by atoms with Crippen molar-refractivity contribution in [3.8, 4) is 5.75 Å². The van der Waals surface area contributed by atoms with Crippen LogP contribution in [0.3, 0.4) is 0 Å². The molecule has 1 saturated heterocycles. The molecule has 1 aliphatic heterocycles. The quantitative estimate of drug-likeness (QED) is 0.869. The Hall–Kier alpha value is -1.26. The van der Waals surface area contributed by atoms with Gasteiger partial charge in [0.05, 0.1) is 7.11 Å². The highest BCUT2D eigenvalue weighted by molar-refractivity contribution is 5.94. The van der Waals surface area contributed by atoms with Crippen molar-refractivity contribution in [1.29, 1.82) is 0 Å². The van der Waals surface area contributed by atoms with Gasteiger partial charge in [-0.15, -0.1) is 12.4 Å². The molecule has 0 spiro atoms. The number of halogens is 1. The Morgan fingerprint density at radius 2 is 2.37 bits per heavy atom. The summed E-state index contributed by atoms with van der Waals surface area (Å²) >= 11 is 0. The van der Waals surface area contributed by atoms with Crippen LogP contribution >= 0.6 is 12.4 Å². The van der Waals surface area contributed by atoms with Gasteiger partial charge in [0.1, 0.15) is 5.75 Å². The first-order valence-corrected chi connectivity index (χ1v) is 6.45. The van der Waals surface area contributed by atoms with Crippen LogP contribution in [0.4, 0.5) is 0 Å². The number of rotatable bonds is 5. The zero-order valence-electron chi connectivity index (χ0n) is 11.1. The lowest BCUT2D eigenvalue weighted by Crippen LogP contribution is -2.30. The maximum atomic E-state index is 11.9. The van der Waals surface area contributed by atoms with E-state index in [1.54, 1.807) is 19.2 Å². The van der Waals surface area contributed by atoms with Crippen LogP contribution in [0.1, 0.15) is 29.6 Å². The molecular formula is C14H21ClN2O2. The first kappa shape index (κ1) is 15.8. The molecule has 1 amide bonds. The molecule has 1 aromatic carbocycles. The maximum Gasteiger partial charge on any atom is 0.251 e. The molecule has 5 heteroatoms. The summed E-state index contributed by atoms with van der Waals surface area (Å²) in [6.45, 7) is 1.82. The average Bonchev–Trinajstić information content (AvgIpc) is 2.92. The van der Waals surface area contributed by atoms with Gasteiger partial charge in [-0.1, -0.05) is 6.07 Å². The summed E-state index contributed by atoms with van der Waals surface area (Å²) in [7, 11) is 1.60. The Balaban J connectivity index is 0.00000180. The van der Waals surface area contributed by atoms with E-state index in [2.05, 4.69) is 10.6 Å². The third-order valence-electron chi connectivity index (χ3n) is 3.27. The van der Waals surface area contributed by atoms with E-state index in [-0.39, 0.29) is 18.3 Å². The summed E-state index contributed by atoms with van der Waals surface area (Å²) in [5.74, 6) is 0.673. The van der Waals surface area contributed by atoms with Gasteiger partial charge in [-0.05, 0) is 44.0 Å². The predicted molar refractivity (Wildman–Crippen MR) is 78.2 cm³/mol. The molecule has 1 heterocycles. The van der Waals surface area contributed by atoms with Crippen LogP contribution in [0, 0.1) is 0 Å². The molecule has 0 aliphatic carbocycles. The number of methoxy groups -OCH3 is 1. The van der Waals surface area contributed by atoms with E-state index in [1.165, 1.54) is 12.8 Å². The van der Waals surface area contributed by atoms with Gasteiger partial charge in [0, 0.05) is 18.2 Å². The molecule has 2 N–H and O–H groups in total. The first-order valence-electron chi connectivity index (χ1n) is 6.45. The summed E-state index contributed by atoms with van der Waals surface area (Å²) in [4.78, 5) is 11.9. The van der Waals surface area contributed by atoms with Gasteiger partial charge in [-0.25, -0.2) is 0 Å². The fraction of sp³-hybridized carbons (Fsp3) is 0.500. The highest BCUT2D eigenvalue weighted by atomic mass is 35.5. The lowest BCUT2D eigenvalue weighted by molar-refractivity contribution is 0.0952. The summed E-state index contributed by atoms with van der Waals surface area (Å²) in [6, 6.07) is 7.77. The van der Waals surface area contributed by atoms with Crippen molar-refractivity contribution in [3.05, 3.63) is 29.8 Å². The SMILES string of the molecule is COc1cccc(C(=O)NCC[C@H]2CCCN2)c1.Cl. The van der Waals surface area contributed by atoms with Gasteiger partial charge in [0.2, 0.25) is 0 Å². The van der Waals surface area contributed by atoms with E-state index < -0.39 is 0 Å². The molecule has 4 nitrogen and oxygen atoms in total. The number of hydrogen-bond acceptors (Lipinski definition) is 3. The molecular weight excluding hydrogens is 264 g/mol. The zero-order chi connectivity index (χ0) is 12.8. The first-order chi connectivity index (χ1) is 8.79. The second-order valence-corrected chi connectivity index (χ2v) is 4.57. The molecule has 0 bridgehead atoms. The summed E-state index contributed by atoms with van der Waals surface area (Å²) < 4.78 is 5.10. The molecule has 1 fully saturated rings. The molecule has 1 aromatic rings. The van der Waals surface area contributed by atoms with E-state index in [9.17, 15) is 4.79 Å². The lowest BCUT2D eigenvalue weighted by atomic mass is 10.1. The molecule has 19 heavy (non-hydrogen) atoms. The number of benzene rings is 1. The largest absolute Gasteiger partial charge is 0.497 e. The second kappa shape index (κ2) is 8.02. The Morgan fingerprint density at radius 1 is 1.53 bits per heavy atom. The zero-order valence-corrected chi connectivity index (χ0v) is 12.0. The van der Waals surface area contributed by atoms with Gasteiger partial charge in [-0.3, -0.25) is 4.79 Å². The molecule has 0 radical (unpaired) electrons. The third-order valence-corrected chi connectivity index (χ3v) is 3.27. The topological polar surface area (TPSA) is 50.4 Å². The van der Waals surface area contributed by atoms with Crippen LogP contribution in [0.25, 0.3) is 0 Å². The summed E-state index contributed by atoms with van der Waals surface area (Å²) in [5, 5.41) is 6.36. The number of hydrogen-bond donors (Lipinski definition) is 2. The van der Waals surface area contributed by atoms with Gasteiger partial charge in [0.25, 0.3) is 5.91 Å². The van der Waals surface area contributed by atoms with Crippen molar-refractivity contribution in [2.45, 2.75) is 25.3 Å². The average molecular weight is 285 g/mol.